The largest absolute Gasteiger partial charge is 0.316 e. The average molecular weight is 191 g/mol. The summed E-state index contributed by atoms with van der Waals surface area (Å²) in [4.78, 5) is 13.1. The number of amides is 1. The molecule has 0 atom stereocenters. The van der Waals surface area contributed by atoms with Gasteiger partial charge in [-0.2, -0.15) is 0 Å². The molecule has 2 nitrogen and oxygen atoms in total. The molecule has 1 aromatic rings. The van der Waals surface area contributed by atoms with Gasteiger partial charge >= 0.3 is 0 Å². The van der Waals surface area contributed by atoms with Crippen molar-refractivity contribution < 1.29 is 4.79 Å². The molecule has 0 heterocycles. The Hall–Kier alpha value is -1.31. The molecule has 0 aliphatic heterocycles. The maximum Gasteiger partial charge on any atom is 0.226 e. The molecule has 0 spiro atoms. The predicted molar refractivity (Wildman–Crippen MR) is 59.6 cm³/mol. The average Bonchev–Trinajstić information content (AvgIpc) is 2.20. The second-order valence-electron chi connectivity index (χ2n) is 3.57. The lowest BCUT2D eigenvalue weighted by molar-refractivity contribution is -0.118. The van der Waals surface area contributed by atoms with E-state index in [9.17, 15) is 4.79 Å². The molecule has 1 rings (SSSR count). The van der Waals surface area contributed by atoms with E-state index < -0.39 is 0 Å². The minimum atomic E-state index is 0.147. The SMILES string of the molecule is CCC(=O)N(C)c1ccc(C)c(C)c1. The fourth-order valence-electron chi connectivity index (χ4n) is 1.32. The minimum absolute atomic E-state index is 0.147. The summed E-state index contributed by atoms with van der Waals surface area (Å²) in [6, 6.07) is 6.07. The molecule has 2 heteroatoms. The van der Waals surface area contributed by atoms with Gasteiger partial charge in [0.25, 0.3) is 0 Å². The van der Waals surface area contributed by atoms with E-state index in [1.165, 1.54) is 11.1 Å². The zero-order chi connectivity index (χ0) is 10.7. The number of hydrogen-bond acceptors (Lipinski definition) is 1. The van der Waals surface area contributed by atoms with Crippen LogP contribution in [0.25, 0.3) is 0 Å². The van der Waals surface area contributed by atoms with Gasteiger partial charge in [0.2, 0.25) is 5.91 Å². The highest BCUT2D eigenvalue weighted by molar-refractivity contribution is 5.92. The number of carbonyl (C=O) groups excluding carboxylic acids is 1. The lowest BCUT2D eigenvalue weighted by Gasteiger charge is -2.17. The summed E-state index contributed by atoms with van der Waals surface area (Å²) in [7, 11) is 1.82. The molecule has 1 amide bonds. The maximum absolute atomic E-state index is 11.4. The molecule has 0 aromatic heterocycles. The van der Waals surface area contributed by atoms with Gasteiger partial charge in [0.1, 0.15) is 0 Å². The van der Waals surface area contributed by atoms with Crippen molar-refractivity contribution in [1.82, 2.24) is 0 Å². The summed E-state index contributed by atoms with van der Waals surface area (Å²) in [5.41, 5.74) is 3.45. The molecule has 0 N–H and O–H groups in total. The van der Waals surface area contributed by atoms with Crippen LogP contribution in [0.4, 0.5) is 5.69 Å². The zero-order valence-corrected chi connectivity index (χ0v) is 9.29. The van der Waals surface area contributed by atoms with E-state index in [1.54, 1.807) is 4.90 Å². The Kier molecular flexibility index (Phi) is 3.28. The molecule has 0 bridgehead atoms. The summed E-state index contributed by atoms with van der Waals surface area (Å²) in [5.74, 6) is 0.147. The van der Waals surface area contributed by atoms with Gasteiger partial charge < -0.3 is 4.90 Å². The monoisotopic (exact) mass is 191 g/mol. The molecule has 0 saturated heterocycles. The van der Waals surface area contributed by atoms with Crippen molar-refractivity contribution in [2.45, 2.75) is 27.2 Å². The maximum atomic E-state index is 11.4. The Morgan fingerprint density at radius 3 is 2.43 bits per heavy atom. The van der Waals surface area contributed by atoms with Crippen LogP contribution in [0.1, 0.15) is 24.5 Å². The van der Waals surface area contributed by atoms with E-state index in [0.717, 1.165) is 5.69 Å². The quantitative estimate of drug-likeness (QED) is 0.703. The highest BCUT2D eigenvalue weighted by atomic mass is 16.2. The molecule has 0 aliphatic carbocycles. The first-order valence-electron chi connectivity index (χ1n) is 4.90. The van der Waals surface area contributed by atoms with Crippen LogP contribution in [0.3, 0.4) is 0 Å². The molecule has 0 saturated carbocycles. The summed E-state index contributed by atoms with van der Waals surface area (Å²) < 4.78 is 0. The van der Waals surface area contributed by atoms with Crippen LogP contribution in [0, 0.1) is 13.8 Å². The van der Waals surface area contributed by atoms with Crippen molar-refractivity contribution in [3.63, 3.8) is 0 Å². The first kappa shape index (κ1) is 10.8. The zero-order valence-electron chi connectivity index (χ0n) is 9.29. The smallest absolute Gasteiger partial charge is 0.226 e. The Morgan fingerprint density at radius 1 is 1.29 bits per heavy atom. The van der Waals surface area contributed by atoms with E-state index >= 15 is 0 Å². The van der Waals surface area contributed by atoms with E-state index in [1.807, 2.05) is 32.2 Å². The molecule has 0 radical (unpaired) electrons. The number of anilines is 1. The molecule has 1 aromatic carbocycles. The second-order valence-corrected chi connectivity index (χ2v) is 3.57. The van der Waals surface area contributed by atoms with E-state index in [-0.39, 0.29) is 5.91 Å². The fraction of sp³-hybridized carbons (Fsp3) is 0.417. The first-order valence-corrected chi connectivity index (χ1v) is 4.90. The molecule has 14 heavy (non-hydrogen) atoms. The van der Waals surface area contributed by atoms with E-state index in [2.05, 4.69) is 13.8 Å². The number of hydrogen-bond donors (Lipinski definition) is 0. The van der Waals surface area contributed by atoms with Crippen LogP contribution >= 0.6 is 0 Å². The van der Waals surface area contributed by atoms with E-state index in [0.29, 0.717) is 6.42 Å². The first-order chi connectivity index (χ1) is 6.56. The number of benzene rings is 1. The third kappa shape index (κ3) is 2.13. The topological polar surface area (TPSA) is 20.3 Å². The summed E-state index contributed by atoms with van der Waals surface area (Å²) in [6.07, 6.45) is 0.545. The lowest BCUT2D eigenvalue weighted by atomic mass is 10.1. The van der Waals surface area contributed by atoms with Crippen LogP contribution < -0.4 is 4.90 Å². The van der Waals surface area contributed by atoms with Crippen LogP contribution in [0.15, 0.2) is 18.2 Å². The highest BCUT2D eigenvalue weighted by Crippen LogP contribution is 2.17. The van der Waals surface area contributed by atoms with Gasteiger partial charge in [0.05, 0.1) is 0 Å². The van der Waals surface area contributed by atoms with Crippen LogP contribution in [-0.4, -0.2) is 13.0 Å². The summed E-state index contributed by atoms with van der Waals surface area (Å²) >= 11 is 0. The highest BCUT2D eigenvalue weighted by Gasteiger charge is 2.08. The third-order valence-electron chi connectivity index (χ3n) is 2.55. The van der Waals surface area contributed by atoms with Crippen molar-refractivity contribution >= 4 is 11.6 Å². The van der Waals surface area contributed by atoms with Crippen molar-refractivity contribution in [2.24, 2.45) is 0 Å². The molecule has 76 valence electrons. The van der Waals surface area contributed by atoms with E-state index in [4.69, 9.17) is 0 Å². The molecular weight excluding hydrogens is 174 g/mol. The molecule has 0 aliphatic rings. The van der Waals surface area contributed by atoms with Crippen LogP contribution in [0.5, 0.6) is 0 Å². The molecule has 0 fully saturated rings. The van der Waals surface area contributed by atoms with Gasteiger partial charge in [-0.15, -0.1) is 0 Å². The Bertz CT molecular complexity index is 344. The van der Waals surface area contributed by atoms with Crippen molar-refractivity contribution in [1.29, 1.82) is 0 Å². The van der Waals surface area contributed by atoms with Gasteiger partial charge in [0.15, 0.2) is 0 Å². The Labute approximate surface area is 85.5 Å². The standard InChI is InChI=1S/C12H17NO/c1-5-12(14)13(4)11-7-6-9(2)10(3)8-11/h6-8H,5H2,1-4H3. The van der Waals surface area contributed by atoms with Crippen molar-refractivity contribution in [2.75, 3.05) is 11.9 Å². The molecule has 0 unspecified atom stereocenters. The van der Waals surface area contributed by atoms with Gasteiger partial charge in [0, 0.05) is 19.2 Å². The third-order valence-corrected chi connectivity index (χ3v) is 2.55. The summed E-state index contributed by atoms with van der Waals surface area (Å²) in [5, 5.41) is 0. The minimum Gasteiger partial charge on any atom is -0.316 e. The van der Waals surface area contributed by atoms with Gasteiger partial charge in [-0.3, -0.25) is 4.79 Å². The number of nitrogens with zero attached hydrogens (tertiary/aromatic N) is 1. The molecular formula is C12H17NO. The fourth-order valence-corrected chi connectivity index (χ4v) is 1.32. The van der Waals surface area contributed by atoms with Crippen LogP contribution in [-0.2, 0) is 4.79 Å². The lowest BCUT2D eigenvalue weighted by Crippen LogP contribution is -2.25. The van der Waals surface area contributed by atoms with Gasteiger partial charge in [-0.05, 0) is 37.1 Å². The van der Waals surface area contributed by atoms with Gasteiger partial charge in [-0.25, -0.2) is 0 Å². The second kappa shape index (κ2) is 4.27. The Balaban J connectivity index is 2.96. The van der Waals surface area contributed by atoms with Crippen LogP contribution in [0.2, 0.25) is 0 Å². The van der Waals surface area contributed by atoms with Crippen molar-refractivity contribution in [3.8, 4) is 0 Å². The predicted octanol–water partition coefficient (Wildman–Crippen LogP) is 2.68. The Morgan fingerprint density at radius 2 is 1.93 bits per heavy atom. The van der Waals surface area contributed by atoms with Crippen molar-refractivity contribution in [3.05, 3.63) is 29.3 Å². The number of rotatable bonds is 2. The van der Waals surface area contributed by atoms with Gasteiger partial charge in [-0.1, -0.05) is 13.0 Å². The normalized spacial score (nSPS) is 10.0. The number of carbonyl (C=O) groups is 1. The number of aryl methyl sites for hydroxylation is 2. The summed E-state index contributed by atoms with van der Waals surface area (Å²) in [6.45, 7) is 6.00.